The third-order valence-corrected chi connectivity index (χ3v) is 4.83. The van der Waals surface area contributed by atoms with Crippen LogP contribution < -0.4 is 10.6 Å². The zero-order valence-corrected chi connectivity index (χ0v) is 18.7. The molecule has 0 atom stereocenters. The Morgan fingerprint density at radius 2 is 1.92 bits per heavy atom. The van der Waals surface area contributed by atoms with Crippen LogP contribution in [0.25, 0.3) is 0 Å². The fourth-order valence-corrected chi connectivity index (χ4v) is 3.08. The van der Waals surface area contributed by atoms with Gasteiger partial charge in [0, 0.05) is 40.9 Å². The van der Waals surface area contributed by atoms with Crippen LogP contribution in [-0.2, 0) is 9.53 Å². The SMILES string of the molecule is CCCCNC(=NCC(=O)N(C)C)NCC1(CCOC)CCCC1.I. The lowest BCUT2D eigenvalue weighted by Crippen LogP contribution is -2.44. The van der Waals surface area contributed by atoms with Gasteiger partial charge in [-0.15, -0.1) is 24.0 Å². The minimum Gasteiger partial charge on any atom is -0.385 e. The van der Waals surface area contributed by atoms with Gasteiger partial charge in [0.05, 0.1) is 0 Å². The summed E-state index contributed by atoms with van der Waals surface area (Å²) in [6, 6.07) is 0. The van der Waals surface area contributed by atoms with Crippen LogP contribution in [0, 0.1) is 5.41 Å². The van der Waals surface area contributed by atoms with E-state index in [2.05, 4.69) is 22.5 Å². The summed E-state index contributed by atoms with van der Waals surface area (Å²) >= 11 is 0. The van der Waals surface area contributed by atoms with E-state index in [9.17, 15) is 4.79 Å². The minimum absolute atomic E-state index is 0. The number of halogens is 1. The third kappa shape index (κ3) is 9.63. The standard InChI is InChI=1S/C18H36N4O2.HI/c1-5-6-12-19-17(20-14-16(23)22(2)3)21-15-18(11-13-24-4)9-7-8-10-18;/h5-15H2,1-4H3,(H2,19,20,21);1H. The van der Waals surface area contributed by atoms with Crippen molar-refractivity contribution in [3.05, 3.63) is 0 Å². The molecule has 1 fully saturated rings. The van der Waals surface area contributed by atoms with E-state index in [1.54, 1.807) is 26.1 Å². The number of amides is 1. The van der Waals surface area contributed by atoms with Crippen molar-refractivity contribution in [3.63, 3.8) is 0 Å². The van der Waals surface area contributed by atoms with E-state index in [-0.39, 0.29) is 36.4 Å². The molecular weight excluding hydrogens is 431 g/mol. The number of nitrogens with one attached hydrogen (secondary N) is 2. The summed E-state index contributed by atoms with van der Waals surface area (Å²) < 4.78 is 5.30. The number of nitrogens with zero attached hydrogens (tertiary/aromatic N) is 2. The number of guanidine groups is 1. The molecule has 1 rings (SSSR count). The Morgan fingerprint density at radius 3 is 2.48 bits per heavy atom. The normalized spacial score (nSPS) is 16.2. The highest BCUT2D eigenvalue weighted by atomic mass is 127. The summed E-state index contributed by atoms with van der Waals surface area (Å²) in [6.07, 6.45) is 8.37. The summed E-state index contributed by atoms with van der Waals surface area (Å²) in [5.74, 6) is 0.767. The van der Waals surface area contributed by atoms with Crippen molar-refractivity contribution in [2.75, 3.05) is 47.4 Å². The maximum Gasteiger partial charge on any atom is 0.243 e. The quantitative estimate of drug-likeness (QED) is 0.224. The molecule has 1 amide bonds. The first-order valence-electron chi connectivity index (χ1n) is 9.24. The van der Waals surface area contributed by atoms with E-state index in [0.717, 1.165) is 44.9 Å². The van der Waals surface area contributed by atoms with Gasteiger partial charge in [0.15, 0.2) is 5.96 Å². The number of ether oxygens (including phenoxy) is 1. The second-order valence-electron chi connectivity index (χ2n) is 7.04. The lowest BCUT2D eigenvalue weighted by atomic mass is 9.83. The van der Waals surface area contributed by atoms with Crippen LogP contribution in [0.2, 0.25) is 0 Å². The van der Waals surface area contributed by atoms with E-state index < -0.39 is 0 Å². The highest BCUT2D eigenvalue weighted by Crippen LogP contribution is 2.40. The molecule has 1 aliphatic rings. The summed E-state index contributed by atoms with van der Waals surface area (Å²) in [5, 5.41) is 6.83. The first-order chi connectivity index (χ1) is 11.5. The first-order valence-corrected chi connectivity index (χ1v) is 9.24. The maximum absolute atomic E-state index is 11.8. The molecule has 6 nitrogen and oxygen atoms in total. The number of methoxy groups -OCH3 is 1. The van der Waals surface area contributed by atoms with Crippen molar-refractivity contribution < 1.29 is 9.53 Å². The van der Waals surface area contributed by atoms with Gasteiger partial charge in [-0.1, -0.05) is 26.2 Å². The van der Waals surface area contributed by atoms with Crippen LogP contribution in [0.4, 0.5) is 0 Å². The summed E-state index contributed by atoms with van der Waals surface area (Å²) in [5.41, 5.74) is 0.300. The average Bonchev–Trinajstić information content (AvgIpc) is 3.04. The van der Waals surface area contributed by atoms with Crippen molar-refractivity contribution in [3.8, 4) is 0 Å². The number of likely N-dealkylation sites (N-methyl/N-ethyl adjacent to an activating group) is 1. The molecule has 0 aromatic carbocycles. The Bertz CT molecular complexity index is 397. The molecule has 0 aromatic heterocycles. The second kappa shape index (κ2) is 13.6. The van der Waals surface area contributed by atoms with E-state index >= 15 is 0 Å². The molecule has 2 N–H and O–H groups in total. The summed E-state index contributed by atoms with van der Waals surface area (Å²) in [7, 11) is 5.28. The smallest absolute Gasteiger partial charge is 0.243 e. The van der Waals surface area contributed by atoms with Crippen LogP contribution in [0.3, 0.4) is 0 Å². The maximum atomic E-state index is 11.8. The molecule has 1 saturated carbocycles. The Labute approximate surface area is 170 Å². The van der Waals surface area contributed by atoms with Crippen LogP contribution in [0.1, 0.15) is 51.9 Å². The molecule has 0 bridgehead atoms. The van der Waals surface area contributed by atoms with E-state index in [1.165, 1.54) is 25.7 Å². The van der Waals surface area contributed by atoms with Crippen LogP contribution >= 0.6 is 24.0 Å². The fraction of sp³-hybridized carbons (Fsp3) is 0.889. The van der Waals surface area contributed by atoms with Gasteiger partial charge in [-0.25, -0.2) is 4.99 Å². The zero-order valence-electron chi connectivity index (χ0n) is 16.4. The van der Waals surface area contributed by atoms with Gasteiger partial charge in [0.2, 0.25) is 5.91 Å². The number of carbonyl (C=O) groups is 1. The molecular formula is C18H37IN4O2. The van der Waals surface area contributed by atoms with Crippen molar-refractivity contribution in [2.24, 2.45) is 10.4 Å². The molecule has 148 valence electrons. The van der Waals surface area contributed by atoms with E-state index in [4.69, 9.17) is 4.74 Å². The zero-order chi connectivity index (χ0) is 17.8. The number of rotatable bonds is 10. The number of carbonyl (C=O) groups excluding carboxylic acids is 1. The van der Waals surface area contributed by atoms with Gasteiger partial charge in [-0.2, -0.15) is 0 Å². The Balaban J connectivity index is 0.00000576. The first kappa shape index (κ1) is 24.4. The second-order valence-corrected chi connectivity index (χ2v) is 7.04. The highest BCUT2D eigenvalue weighted by molar-refractivity contribution is 14.0. The average molecular weight is 468 g/mol. The molecule has 1 aliphatic carbocycles. The number of hydrogen-bond donors (Lipinski definition) is 2. The van der Waals surface area contributed by atoms with Gasteiger partial charge in [0.1, 0.15) is 6.54 Å². The van der Waals surface area contributed by atoms with Crippen LogP contribution in [-0.4, -0.2) is 64.2 Å². The predicted octanol–water partition coefficient (Wildman–Crippen LogP) is 2.62. The number of hydrogen-bond acceptors (Lipinski definition) is 3. The molecule has 0 heterocycles. The van der Waals surface area contributed by atoms with E-state index in [0.29, 0.717) is 5.41 Å². The lowest BCUT2D eigenvalue weighted by molar-refractivity contribution is -0.127. The van der Waals surface area contributed by atoms with Gasteiger partial charge in [-0.05, 0) is 31.1 Å². The van der Waals surface area contributed by atoms with Gasteiger partial charge in [-0.3, -0.25) is 4.79 Å². The monoisotopic (exact) mass is 468 g/mol. The molecule has 0 saturated heterocycles. The van der Waals surface area contributed by atoms with Crippen molar-refractivity contribution in [1.82, 2.24) is 15.5 Å². The molecule has 25 heavy (non-hydrogen) atoms. The van der Waals surface area contributed by atoms with E-state index in [1.807, 2.05) is 0 Å². The minimum atomic E-state index is 0. The highest BCUT2D eigenvalue weighted by Gasteiger charge is 2.33. The van der Waals surface area contributed by atoms with Crippen molar-refractivity contribution in [1.29, 1.82) is 0 Å². The Kier molecular flexibility index (Phi) is 13.3. The lowest BCUT2D eigenvalue weighted by Gasteiger charge is -2.30. The van der Waals surface area contributed by atoms with Crippen LogP contribution in [0.5, 0.6) is 0 Å². The van der Waals surface area contributed by atoms with Crippen molar-refractivity contribution in [2.45, 2.75) is 51.9 Å². The Hall–Kier alpha value is -0.570. The third-order valence-electron chi connectivity index (χ3n) is 4.83. The molecule has 0 aliphatic heterocycles. The number of unbranched alkanes of at least 4 members (excludes halogenated alkanes) is 1. The molecule has 7 heteroatoms. The largest absolute Gasteiger partial charge is 0.385 e. The number of aliphatic imine (C=N–C) groups is 1. The summed E-state index contributed by atoms with van der Waals surface area (Å²) in [4.78, 5) is 17.8. The molecule has 0 unspecified atom stereocenters. The molecule has 0 spiro atoms. The van der Waals surface area contributed by atoms with Gasteiger partial charge >= 0.3 is 0 Å². The molecule has 0 radical (unpaired) electrons. The van der Waals surface area contributed by atoms with Gasteiger partial charge in [0.25, 0.3) is 0 Å². The van der Waals surface area contributed by atoms with Crippen molar-refractivity contribution >= 4 is 35.8 Å². The van der Waals surface area contributed by atoms with Crippen LogP contribution in [0.15, 0.2) is 4.99 Å². The predicted molar refractivity (Wildman–Crippen MR) is 115 cm³/mol. The summed E-state index contributed by atoms with van der Waals surface area (Å²) in [6.45, 7) is 4.92. The molecule has 0 aromatic rings. The fourth-order valence-electron chi connectivity index (χ4n) is 3.08. The topological polar surface area (TPSA) is 66.0 Å². The van der Waals surface area contributed by atoms with Gasteiger partial charge < -0.3 is 20.3 Å². The Morgan fingerprint density at radius 1 is 1.24 bits per heavy atom.